The summed E-state index contributed by atoms with van der Waals surface area (Å²) < 4.78 is 29.9. The molecule has 1 saturated heterocycles. The molecule has 7 heteroatoms. The molecule has 2 heterocycles. The van der Waals surface area contributed by atoms with Crippen molar-refractivity contribution in [3.8, 4) is 17.2 Å². The summed E-state index contributed by atoms with van der Waals surface area (Å²) in [6.07, 6.45) is 1.03. The van der Waals surface area contributed by atoms with Gasteiger partial charge in [0, 0.05) is 18.5 Å². The molecule has 2 aliphatic rings. The van der Waals surface area contributed by atoms with E-state index in [1.165, 1.54) is 31.5 Å². The maximum absolute atomic E-state index is 13.2. The van der Waals surface area contributed by atoms with E-state index in [9.17, 15) is 9.18 Å². The van der Waals surface area contributed by atoms with Crippen molar-refractivity contribution in [1.29, 1.82) is 0 Å². The van der Waals surface area contributed by atoms with Crippen molar-refractivity contribution < 1.29 is 23.4 Å². The fourth-order valence-electron chi connectivity index (χ4n) is 3.42. The van der Waals surface area contributed by atoms with Gasteiger partial charge in [0.15, 0.2) is 11.5 Å². The largest absolute Gasteiger partial charge is 0.493 e. The summed E-state index contributed by atoms with van der Waals surface area (Å²) in [4.78, 5) is 9.44. The Labute approximate surface area is 177 Å². The summed E-state index contributed by atoms with van der Waals surface area (Å²) in [7, 11) is 0. The van der Waals surface area contributed by atoms with Gasteiger partial charge in [0.25, 0.3) is 0 Å². The highest BCUT2D eigenvalue weighted by molar-refractivity contribution is 5.85. The van der Waals surface area contributed by atoms with E-state index in [0.29, 0.717) is 18.4 Å². The van der Waals surface area contributed by atoms with Crippen LogP contribution < -0.4 is 19.5 Å². The number of fused-ring (bicyclic) bond motifs is 1. The van der Waals surface area contributed by atoms with Crippen LogP contribution in [0.4, 0.5) is 4.39 Å². The van der Waals surface area contributed by atoms with Gasteiger partial charge in [-0.15, -0.1) is 12.4 Å². The van der Waals surface area contributed by atoms with Gasteiger partial charge in [0.2, 0.25) is 6.79 Å². The number of ketones is 1. The number of nitrogens with one attached hydrogen (secondary N) is 1. The second-order valence-corrected chi connectivity index (χ2v) is 7.15. The Morgan fingerprint density at radius 1 is 1.14 bits per heavy atom. The van der Waals surface area contributed by atoms with Crippen LogP contribution in [0.3, 0.4) is 0 Å². The van der Waals surface area contributed by atoms with Gasteiger partial charge in [0.1, 0.15) is 17.3 Å². The number of hydrogen-bond acceptors (Lipinski definition) is 5. The van der Waals surface area contributed by atoms with Crippen LogP contribution in [0.1, 0.15) is 31.7 Å². The van der Waals surface area contributed by atoms with Crippen molar-refractivity contribution in [2.75, 3.05) is 26.5 Å². The first-order valence-corrected chi connectivity index (χ1v) is 9.48. The highest BCUT2D eigenvalue weighted by atomic mass is 35.5. The van der Waals surface area contributed by atoms with Crippen LogP contribution in [0.25, 0.3) is 0 Å². The lowest BCUT2D eigenvalue weighted by Crippen LogP contribution is -2.38. The molecule has 4 rings (SSSR count). The molecule has 1 fully saturated rings. The number of rotatable bonds is 4. The molecule has 2 aromatic carbocycles. The molecule has 0 unspecified atom stereocenters. The number of piperidine rings is 1. The molecule has 0 spiro atoms. The minimum Gasteiger partial charge on any atom is -0.493 e. The number of halogens is 2. The molecule has 5 nitrogen and oxygen atoms in total. The Morgan fingerprint density at radius 3 is 2.55 bits per heavy atom. The standard InChI is InChI=1S/C19H20FNO3.C3H6O.ClH/c20-15-3-1-13(2-4-15)17-7-8-21-10-14(17)11-22-16-5-6-18-19(9-16)24-12-23-18;1-3(2)4;/h1-6,9,14,17,21H,7-8,10-12H2;1-2H3;1H/t14-,17-;;/m0../s1. The summed E-state index contributed by atoms with van der Waals surface area (Å²) >= 11 is 0. The monoisotopic (exact) mass is 423 g/mol. The lowest BCUT2D eigenvalue weighted by atomic mass is 9.81. The highest BCUT2D eigenvalue weighted by Gasteiger charge is 2.27. The van der Waals surface area contributed by atoms with Crippen LogP contribution in [0.15, 0.2) is 42.5 Å². The number of carbonyl (C=O) groups is 1. The summed E-state index contributed by atoms with van der Waals surface area (Å²) in [5.41, 5.74) is 1.18. The first kappa shape index (κ1) is 23.0. The smallest absolute Gasteiger partial charge is 0.231 e. The van der Waals surface area contributed by atoms with E-state index >= 15 is 0 Å². The van der Waals surface area contributed by atoms with E-state index in [4.69, 9.17) is 14.2 Å². The molecule has 0 bridgehead atoms. The van der Waals surface area contributed by atoms with Crippen LogP contribution >= 0.6 is 12.4 Å². The quantitative estimate of drug-likeness (QED) is 0.792. The van der Waals surface area contributed by atoms with E-state index in [1.807, 2.05) is 30.3 Å². The minimum absolute atomic E-state index is 0. The van der Waals surface area contributed by atoms with Crippen LogP contribution in [-0.4, -0.2) is 32.3 Å². The lowest BCUT2D eigenvalue weighted by molar-refractivity contribution is -0.114. The van der Waals surface area contributed by atoms with Gasteiger partial charge in [-0.25, -0.2) is 4.39 Å². The maximum Gasteiger partial charge on any atom is 0.231 e. The van der Waals surface area contributed by atoms with Gasteiger partial charge in [-0.05, 0) is 62.6 Å². The first-order valence-electron chi connectivity index (χ1n) is 9.48. The predicted molar refractivity (Wildman–Crippen MR) is 112 cm³/mol. The van der Waals surface area contributed by atoms with E-state index in [1.54, 1.807) is 0 Å². The Bertz CT molecular complexity index is 796. The number of carbonyl (C=O) groups excluding carboxylic acids is 1. The average Bonchev–Trinajstić information content (AvgIpc) is 3.15. The predicted octanol–water partition coefficient (Wildman–Crippen LogP) is 4.34. The molecular weight excluding hydrogens is 397 g/mol. The molecule has 2 atom stereocenters. The SMILES string of the molecule is CC(C)=O.Cl.Fc1ccc([C@@H]2CCNC[C@H]2COc2ccc3c(c2)OCO3)cc1. The third-order valence-corrected chi connectivity index (χ3v) is 4.71. The van der Waals surface area contributed by atoms with E-state index < -0.39 is 0 Å². The van der Waals surface area contributed by atoms with Crippen LogP contribution in [-0.2, 0) is 4.79 Å². The molecular formula is C22H27ClFNO4. The number of ether oxygens (including phenoxy) is 3. The third-order valence-electron chi connectivity index (χ3n) is 4.71. The topological polar surface area (TPSA) is 56.8 Å². The Balaban J connectivity index is 0.000000552. The molecule has 0 amide bonds. The number of hydrogen-bond donors (Lipinski definition) is 1. The molecule has 0 aliphatic carbocycles. The Hall–Kier alpha value is -2.31. The zero-order chi connectivity index (χ0) is 19.9. The molecule has 29 heavy (non-hydrogen) atoms. The lowest BCUT2D eigenvalue weighted by Gasteiger charge is -2.32. The Morgan fingerprint density at radius 2 is 1.83 bits per heavy atom. The summed E-state index contributed by atoms with van der Waals surface area (Å²) in [5.74, 6) is 2.95. The molecule has 0 saturated carbocycles. The van der Waals surface area contributed by atoms with Crippen LogP contribution in [0.5, 0.6) is 17.2 Å². The second kappa shape index (κ2) is 11.0. The first-order chi connectivity index (χ1) is 13.5. The fourth-order valence-corrected chi connectivity index (χ4v) is 3.42. The highest BCUT2D eigenvalue weighted by Crippen LogP contribution is 2.36. The minimum atomic E-state index is -0.194. The summed E-state index contributed by atoms with van der Waals surface area (Å²) in [6.45, 7) is 5.79. The van der Waals surface area contributed by atoms with Gasteiger partial charge < -0.3 is 24.3 Å². The van der Waals surface area contributed by atoms with Crippen molar-refractivity contribution in [1.82, 2.24) is 5.32 Å². The van der Waals surface area contributed by atoms with Crippen molar-refractivity contribution in [3.05, 3.63) is 53.8 Å². The van der Waals surface area contributed by atoms with Crippen LogP contribution in [0, 0.1) is 11.7 Å². The molecule has 0 radical (unpaired) electrons. The number of benzene rings is 2. The van der Waals surface area contributed by atoms with Crippen molar-refractivity contribution >= 4 is 18.2 Å². The van der Waals surface area contributed by atoms with E-state index in [-0.39, 0.29) is 30.8 Å². The molecule has 2 aliphatic heterocycles. The maximum atomic E-state index is 13.2. The second-order valence-electron chi connectivity index (χ2n) is 7.15. The van der Waals surface area contributed by atoms with Crippen molar-refractivity contribution in [2.24, 2.45) is 5.92 Å². The van der Waals surface area contributed by atoms with Crippen LogP contribution in [0.2, 0.25) is 0 Å². The van der Waals surface area contributed by atoms with Crippen molar-refractivity contribution in [2.45, 2.75) is 26.2 Å². The van der Waals surface area contributed by atoms with Crippen molar-refractivity contribution in [3.63, 3.8) is 0 Å². The molecule has 0 aromatic heterocycles. The van der Waals surface area contributed by atoms with Gasteiger partial charge in [-0.3, -0.25) is 0 Å². The zero-order valence-electron chi connectivity index (χ0n) is 16.7. The van der Waals surface area contributed by atoms with Gasteiger partial charge in [-0.1, -0.05) is 12.1 Å². The van der Waals surface area contributed by atoms with E-state index in [2.05, 4.69) is 5.32 Å². The van der Waals surface area contributed by atoms with E-state index in [0.717, 1.165) is 36.8 Å². The number of Topliss-reactive ketones (excluding diaryl/α,β-unsaturated/α-hetero) is 1. The summed E-state index contributed by atoms with van der Waals surface area (Å²) in [6, 6.07) is 12.5. The average molecular weight is 424 g/mol. The Kier molecular flexibility index (Phi) is 8.73. The summed E-state index contributed by atoms with van der Waals surface area (Å²) in [5, 5.41) is 3.43. The van der Waals surface area contributed by atoms with Gasteiger partial charge in [-0.2, -0.15) is 0 Å². The fraction of sp³-hybridized carbons (Fsp3) is 0.409. The normalized spacial score (nSPS) is 19.4. The van der Waals surface area contributed by atoms with Gasteiger partial charge >= 0.3 is 0 Å². The van der Waals surface area contributed by atoms with Gasteiger partial charge in [0.05, 0.1) is 6.61 Å². The third kappa shape index (κ3) is 6.61. The molecule has 158 valence electrons. The molecule has 1 N–H and O–H groups in total. The zero-order valence-corrected chi connectivity index (χ0v) is 17.5. The molecule has 2 aromatic rings.